The maximum atomic E-state index is 3.72. The predicted molar refractivity (Wildman–Crippen MR) is 50.5 cm³/mol. The van der Waals surface area contributed by atoms with Crippen LogP contribution >= 0.6 is 0 Å². The molecule has 0 spiro atoms. The summed E-state index contributed by atoms with van der Waals surface area (Å²) in [5.41, 5.74) is 1.60. The second kappa shape index (κ2) is 3.75. The van der Waals surface area contributed by atoms with Crippen LogP contribution in [-0.4, -0.2) is 0 Å². The molecule has 0 bridgehead atoms. The van der Waals surface area contributed by atoms with Gasteiger partial charge in [0.05, 0.1) is 0 Å². The minimum atomic E-state index is 0.853. The van der Waals surface area contributed by atoms with E-state index in [2.05, 4.69) is 26.5 Å². The van der Waals surface area contributed by atoms with Crippen molar-refractivity contribution in [3.05, 3.63) is 24.3 Å². The molecule has 0 aliphatic heterocycles. The van der Waals surface area contributed by atoms with E-state index < -0.39 is 0 Å². The van der Waals surface area contributed by atoms with Gasteiger partial charge in [0.25, 0.3) is 0 Å². The van der Waals surface area contributed by atoms with E-state index in [1.165, 1.54) is 19.3 Å². The molecule has 1 atom stereocenters. The van der Waals surface area contributed by atoms with Gasteiger partial charge in [0, 0.05) is 0 Å². The fraction of sp³-hybridized carbons (Fsp3) is 0.636. The Morgan fingerprint density at radius 1 is 1.55 bits per heavy atom. The number of allylic oxidation sites excluding steroid dienone is 3. The predicted octanol–water partition coefficient (Wildman–Crippen LogP) is 3.55. The van der Waals surface area contributed by atoms with Gasteiger partial charge in [-0.3, -0.25) is 0 Å². The maximum absolute atomic E-state index is 3.72. The van der Waals surface area contributed by atoms with Crippen LogP contribution in [-0.2, 0) is 0 Å². The lowest BCUT2D eigenvalue weighted by Crippen LogP contribution is -2.01. The van der Waals surface area contributed by atoms with Crippen LogP contribution < -0.4 is 0 Å². The normalized spacial score (nSPS) is 28.3. The summed E-state index contributed by atoms with van der Waals surface area (Å²) < 4.78 is 0. The molecule has 1 unspecified atom stereocenters. The lowest BCUT2D eigenvalue weighted by atomic mass is 9.94. The zero-order valence-corrected chi connectivity index (χ0v) is 7.64. The van der Waals surface area contributed by atoms with Gasteiger partial charge in [0.15, 0.2) is 0 Å². The van der Waals surface area contributed by atoms with Crippen LogP contribution in [0.5, 0.6) is 0 Å². The average molecular weight is 150 g/mol. The smallest absolute Gasteiger partial charge is 0.0286 e. The highest BCUT2D eigenvalue weighted by Gasteiger charge is 2.21. The highest BCUT2D eigenvalue weighted by molar-refractivity contribution is 5.14. The number of rotatable bonds is 2. The SMILES string of the molecule is C=C/C=C1/CCC(C(C)C)C1. The Morgan fingerprint density at radius 2 is 2.27 bits per heavy atom. The summed E-state index contributed by atoms with van der Waals surface area (Å²) in [7, 11) is 0. The highest BCUT2D eigenvalue weighted by Crippen LogP contribution is 2.34. The van der Waals surface area contributed by atoms with Crippen molar-refractivity contribution < 1.29 is 0 Å². The van der Waals surface area contributed by atoms with Crippen LogP contribution in [0.3, 0.4) is 0 Å². The Labute approximate surface area is 70.0 Å². The Morgan fingerprint density at radius 3 is 2.73 bits per heavy atom. The summed E-state index contributed by atoms with van der Waals surface area (Å²) >= 11 is 0. The molecule has 0 aromatic rings. The van der Waals surface area contributed by atoms with E-state index in [1.807, 2.05) is 6.08 Å². The molecule has 0 N–H and O–H groups in total. The van der Waals surface area contributed by atoms with Gasteiger partial charge in [0.1, 0.15) is 0 Å². The average Bonchev–Trinajstić information content (AvgIpc) is 2.37. The van der Waals surface area contributed by atoms with E-state index in [9.17, 15) is 0 Å². The monoisotopic (exact) mass is 150 g/mol. The van der Waals surface area contributed by atoms with E-state index in [0.29, 0.717) is 0 Å². The molecule has 11 heavy (non-hydrogen) atoms. The fourth-order valence-corrected chi connectivity index (χ4v) is 1.80. The molecule has 1 rings (SSSR count). The summed E-state index contributed by atoms with van der Waals surface area (Å²) in [6.45, 7) is 8.36. The molecule has 0 radical (unpaired) electrons. The molecule has 0 amide bonds. The van der Waals surface area contributed by atoms with E-state index >= 15 is 0 Å². The standard InChI is InChI=1S/C11H18/c1-4-5-10-6-7-11(8-10)9(2)3/h4-5,9,11H,1,6-8H2,2-3H3/b10-5-. The molecule has 1 aliphatic rings. The molecular formula is C11H18. The molecule has 0 heteroatoms. The van der Waals surface area contributed by atoms with Gasteiger partial charge < -0.3 is 0 Å². The molecular weight excluding hydrogens is 132 g/mol. The van der Waals surface area contributed by atoms with Crippen molar-refractivity contribution in [2.45, 2.75) is 33.1 Å². The lowest BCUT2D eigenvalue weighted by molar-refractivity contribution is 0.401. The Bertz CT molecular complexity index is 163. The zero-order chi connectivity index (χ0) is 8.27. The number of hydrogen-bond acceptors (Lipinski definition) is 0. The molecule has 62 valence electrons. The van der Waals surface area contributed by atoms with Gasteiger partial charge in [-0.15, -0.1) is 0 Å². The first-order valence-electron chi connectivity index (χ1n) is 4.54. The van der Waals surface area contributed by atoms with Gasteiger partial charge in [-0.05, 0) is 31.1 Å². The molecule has 1 aliphatic carbocycles. The van der Waals surface area contributed by atoms with Gasteiger partial charge in [-0.25, -0.2) is 0 Å². The molecule has 0 aromatic carbocycles. The summed E-state index contributed by atoms with van der Waals surface area (Å²) in [5.74, 6) is 1.78. The Hall–Kier alpha value is -0.520. The van der Waals surface area contributed by atoms with Crippen molar-refractivity contribution in [3.63, 3.8) is 0 Å². The summed E-state index contributed by atoms with van der Waals surface area (Å²) in [6.07, 6.45) is 8.09. The first kappa shape index (κ1) is 8.58. The van der Waals surface area contributed by atoms with Crippen LogP contribution in [0.15, 0.2) is 24.3 Å². The molecule has 0 nitrogen and oxygen atoms in total. The van der Waals surface area contributed by atoms with E-state index in [4.69, 9.17) is 0 Å². The van der Waals surface area contributed by atoms with Crippen molar-refractivity contribution in [2.75, 3.05) is 0 Å². The lowest BCUT2D eigenvalue weighted by Gasteiger charge is -2.11. The van der Waals surface area contributed by atoms with Crippen LogP contribution in [0.4, 0.5) is 0 Å². The fourth-order valence-electron chi connectivity index (χ4n) is 1.80. The number of hydrogen-bond donors (Lipinski definition) is 0. The van der Waals surface area contributed by atoms with Gasteiger partial charge in [0.2, 0.25) is 0 Å². The summed E-state index contributed by atoms with van der Waals surface area (Å²) in [5, 5.41) is 0. The first-order valence-corrected chi connectivity index (χ1v) is 4.54. The largest absolute Gasteiger partial charge is 0.0991 e. The first-order chi connectivity index (χ1) is 5.24. The third-order valence-corrected chi connectivity index (χ3v) is 2.66. The second-order valence-corrected chi connectivity index (χ2v) is 3.81. The Kier molecular flexibility index (Phi) is 2.92. The molecule has 1 saturated carbocycles. The minimum absolute atomic E-state index is 0.853. The van der Waals surface area contributed by atoms with Crippen molar-refractivity contribution in [2.24, 2.45) is 11.8 Å². The van der Waals surface area contributed by atoms with Crippen LogP contribution in [0.1, 0.15) is 33.1 Å². The van der Waals surface area contributed by atoms with Gasteiger partial charge >= 0.3 is 0 Å². The molecule has 0 saturated heterocycles. The van der Waals surface area contributed by atoms with Gasteiger partial charge in [-0.2, -0.15) is 0 Å². The topological polar surface area (TPSA) is 0 Å². The van der Waals surface area contributed by atoms with Crippen LogP contribution in [0.25, 0.3) is 0 Å². The van der Waals surface area contributed by atoms with Crippen molar-refractivity contribution in [1.82, 2.24) is 0 Å². The zero-order valence-electron chi connectivity index (χ0n) is 7.64. The maximum Gasteiger partial charge on any atom is -0.0286 e. The van der Waals surface area contributed by atoms with Gasteiger partial charge in [-0.1, -0.05) is 38.2 Å². The van der Waals surface area contributed by atoms with Crippen molar-refractivity contribution >= 4 is 0 Å². The van der Waals surface area contributed by atoms with E-state index in [-0.39, 0.29) is 0 Å². The minimum Gasteiger partial charge on any atom is -0.0991 e. The third-order valence-electron chi connectivity index (χ3n) is 2.66. The summed E-state index contributed by atoms with van der Waals surface area (Å²) in [4.78, 5) is 0. The summed E-state index contributed by atoms with van der Waals surface area (Å²) in [6, 6.07) is 0. The molecule has 1 fully saturated rings. The van der Waals surface area contributed by atoms with Crippen LogP contribution in [0, 0.1) is 11.8 Å². The van der Waals surface area contributed by atoms with Crippen molar-refractivity contribution in [1.29, 1.82) is 0 Å². The van der Waals surface area contributed by atoms with Crippen LogP contribution in [0.2, 0.25) is 0 Å². The van der Waals surface area contributed by atoms with E-state index in [1.54, 1.807) is 5.57 Å². The van der Waals surface area contributed by atoms with Crippen molar-refractivity contribution in [3.8, 4) is 0 Å². The quantitative estimate of drug-likeness (QED) is 0.564. The molecule has 0 heterocycles. The third kappa shape index (κ3) is 2.21. The second-order valence-electron chi connectivity index (χ2n) is 3.81. The highest BCUT2D eigenvalue weighted by atomic mass is 14.3. The van der Waals surface area contributed by atoms with E-state index in [0.717, 1.165) is 11.8 Å². The molecule has 0 aromatic heterocycles. The Balaban J connectivity index is 2.46.